The van der Waals surface area contributed by atoms with Crippen molar-refractivity contribution in [3.8, 4) is 11.1 Å². The van der Waals surface area contributed by atoms with Crippen LogP contribution in [0.2, 0.25) is 0 Å². The molecule has 1 aliphatic rings. The van der Waals surface area contributed by atoms with Crippen LogP contribution in [0.15, 0.2) is 60.9 Å². The fraction of sp³-hybridized carbons (Fsp3) is 0.280. The third-order valence-corrected chi connectivity index (χ3v) is 5.74. The third kappa shape index (κ3) is 5.09. The second kappa shape index (κ2) is 10.2. The first kappa shape index (κ1) is 23.0. The van der Waals surface area contributed by atoms with E-state index in [0.29, 0.717) is 18.5 Å². The van der Waals surface area contributed by atoms with E-state index in [1.54, 1.807) is 0 Å². The fourth-order valence-electron chi connectivity index (χ4n) is 4.20. The number of ether oxygens (including phenoxy) is 1. The number of aliphatic carboxylic acids is 1. The molecule has 0 bridgehead atoms. The maximum Gasteiger partial charge on any atom is 0.411 e. The predicted octanol–water partition coefficient (Wildman–Crippen LogP) is 3.61. The molecular weight excluding hydrogens is 436 g/mol. The number of benzene rings is 2. The molecule has 0 radical (unpaired) electrons. The smallest absolute Gasteiger partial charge is 0.411 e. The van der Waals surface area contributed by atoms with Crippen LogP contribution in [0.5, 0.6) is 0 Å². The second-order valence-corrected chi connectivity index (χ2v) is 8.12. The van der Waals surface area contributed by atoms with Crippen LogP contribution < -0.4 is 10.6 Å². The summed E-state index contributed by atoms with van der Waals surface area (Å²) < 4.78 is 6.83. The molecule has 1 atom stereocenters. The largest absolute Gasteiger partial charge is 0.480 e. The molecule has 0 saturated carbocycles. The summed E-state index contributed by atoms with van der Waals surface area (Å²) in [6.07, 6.45) is 3.23. The van der Waals surface area contributed by atoms with E-state index in [-0.39, 0.29) is 19.1 Å². The number of hydrogen-bond donors (Lipinski definition) is 3. The van der Waals surface area contributed by atoms with E-state index in [1.807, 2.05) is 43.3 Å². The highest BCUT2D eigenvalue weighted by Gasteiger charge is 2.29. The standard InChI is InChI=1S/C25H26N4O5/c1-2-7-22(24(31)32)28-23(30)14-29-13-16(12-26-29)27-25(33)34-15-21-19-10-5-3-8-17(19)18-9-4-6-11-20(18)21/h3-6,8-13,21-22H,2,7,14-15H2,1H3,(H,27,33)(H,28,30)(H,31,32)/t22-/m1/s1. The Hall–Kier alpha value is -4.14. The highest BCUT2D eigenvalue weighted by molar-refractivity contribution is 5.85. The number of amides is 2. The normalized spacial score (nSPS) is 13.0. The van der Waals surface area contributed by atoms with Gasteiger partial charge < -0.3 is 15.2 Å². The Bertz CT molecular complexity index is 1160. The van der Waals surface area contributed by atoms with Crippen LogP contribution in [0.4, 0.5) is 10.5 Å². The van der Waals surface area contributed by atoms with Gasteiger partial charge in [-0.15, -0.1) is 0 Å². The maximum absolute atomic E-state index is 12.4. The van der Waals surface area contributed by atoms with Crippen molar-refractivity contribution in [3.63, 3.8) is 0 Å². The SMILES string of the molecule is CCC[C@@H](NC(=O)Cn1cc(NC(=O)OCC2c3ccccc3-c3ccccc32)cn1)C(=O)O. The number of carbonyl (C=O) groups is 3. The molecule has 0 aliphatic heterocycles. The van der Waals surface area contributed by atoms with Crippen LogP contribution in [0.25, 0.3) is 11.1 Å². The molecule has 1 aliphatic carbocycles. The van der Waals surface area contributed by atoms with E-state index in [0.717, 1.165) is 22.3 Å². The second-order valence-electron chi connectivity index (χ2n) is 8.12. The van der Waals surface area contributed by atoms with Crippen LogP contribution in [0.1, 0.15) is 36.8 Å². The Balaban J connectivity index is 1.32. The monoisotopic (exact) mass is 462 g/mol. The Morgan fingerprint density at radius 3 is 2.35 bits per heavy atom. The summed E-state index contributed by atoms with van der Waals surface area (Å²) in [5.74, 6) is -1.60. The molecule has 34 heavy (non-hydrogen) atoms. The van der Waals surface area contributed by atoms with Crippen molar-refractivity contribution < 1.29 is 24.2 Å². The van der Waals surface area contributed by atoms with Gasteiger partial charge in [0.2, 0.25) is 5.91 Å². The first-order valence-corrected chi connectivity index (χ1v) is 11.1. The number of carboxylic acid groups (broad SMARTS) is 1. The van der Waals surface area contributed by atoms with E-state index < -0.39 is 24.0 Å². The van der Waals surface area contributed by atoms with Crippen molar-refractivity contribution in [2.24, 2.45) is 0 Å². The van der Waals surface area contributed by atoms with Crippen LogP contribution in [-0.2, 0) is 20.9 Å². The quantitative estimate of drug-likeness (QED) is 0.446. The van der Waals surface area contributed by atoms with Crippen molar-refractivity contribution >= 4 is 23.7 Å². The van der Waals surface area contributed by atoms with Crippen molar-refractivity contribution in [1.29, 1.82) is 0 Å². The third-order valence-electron chi connectivity index (χ3n) is 5.74. The predicted molar refractivity (Wildman–Crippen MR) is 125 cm³/mol. The van der Waals surface area contributed by atoms with Gasteiger partial charge in [-0.1, -0.05) is 61.9 Å². The lowest BCUT2D eigenvalue weighted by atomic mass is 9.98. The van der Waals surface area contributed by atoms with Crippen LogP contribution in [0.3, 0.4) is 0 Å². The molecule has 9 nitrogen and oxygen atoms in total. The maximum atomic E-state index is 12.4. The number of rotatable bonds is 9. The van der Waals surface area contributed by atoms with E-state index in [2.05, 4.69) is 27.9 Å². The molecule has 3 aromatic rings. The van der Waals surface area contributed by atoms with Gasteiger partial charge in [0.1, 0.15) is 19.2 Å². The van der Waals surface area contributed by atoms with Gasteiger partial charge in [-0.25, -0.2) is 9.59 Å². The highest BCUT2D eigenvalue weighted by atomic mass is 16.5. The average molecular weight is 463 g/mol. The van der Waals surface area contributed by atoms with E-state index in [4.69, 9.17) is 9.84 Å². The molecule has 3 N–H and O–H groups in total. The zero-order valence-corrected chi connectivity index (χ0v) is 18.7. The fourth-order valence-corrected chi connectivity index (χ4v) is 4.20. The Kier molecular flexibility index (Phi) is 6.91. The topological polar surface area (TPSA) is 123 Å². The first-order valence-electron chi connectivity index (χ1n) is 11.1. The van der Waals surface area contributed by atoms with Gasteiger partial charge in [0, 0.05) is 12.1 Å². The van der Waals surface area contributed by atoms with Crippen LogP contribution in [-0.4, -0.2) is 45.5 Å². The minimum absolute atomic E-state index is 0.0464. The lowest BCUT2D eigenvalue weighted by molar-refractivity contribution is -0.142. The van der Waals surface area contributed by atoms with Crippen LogP contribution >= 0.6 is 0 Å². The number of carbonyl (C=O) groups excluding carboxylic acids is 2. The van der Waals surface area contributed by atoms with Gasteiger partial charge >= 0.3 is 12.1 Å². The number of hydrogen-bond acceptors (Lipinski definition) is 5. The molecule has 4 rings (SSSR count). The summed E-state index contributed by atoms with van der Waals surface area (Å²) in [5, 5.41) is 18.3. The number of aromatic nitrogens is 2. The zero-order valence-electron chi connectivity index (χ0n) is 18.7. The summed E-state index contributed by atoms with van der Waals surface area (Å²) in [7, 11) is 0. The van der Waals surface area contributed by atoms with Gasteiger partial charge in [-0.2, -0.15) is 5.10 Å². The first-order chi connectivity index (χ1) is 16.5. The zero-order chi connectivity index (χ0) is 24.1. The van der Waals surface area contributed by atoms with Gasteiger partial charge in [0.15, 0.2) is 0 Å². The molecule has 0 saturated heterocycles. The molecule has 9 heteroatoms. The Morgan fingerprint density at radius 1 is 1.09 bits per heavy atom. The molecular formula is C25H26N4O5. The highest BCUT2D eigenvalue weighted by Crippen LogP contribution is 2.44. The minimum atomic E-state index is -1.08. The molecule has 1 aromatic heterocycles. The minimum Gasteiger partial charge on any atom is -0.480 e. The van der Waals surface area contributed by atoms with Gasteiger partial charge in [0.05, 0.1) is 11.9 Å². The summed E-state index contributed by atoms with van der Waals surface area (Å²) in [4.78, 5) is 35.7. The Labute approximate surface area is 196 Å². The Morgan fingerprint density at radius 2 is 1.74 bits per heavy atom. The number of carboxylic acids is 1. The van der Waals surface area contributed by atoms with E-state index >= 15 is 0 Å². The number of nitrogens with one attached hydrogen (secondary N) is 2. The van der Waals surface area contributed by atoms with Crippen LogP contribution in [0, 0.1) is 0 Å². The molecule has 0 spiro atoms. The molecule has 0 unspecified atom stereocenters. The van der Waals surface area contributed by atoms with E-state index in [9.17, 15) is 14.4 Å². The number of anilines is 1. The lowest BCUT2D eigenvalue weighted by Gasteiger charge is -2.14. The van der Waals surface area contributed by atoms with Gasteiger partial charge in [0.25, 0.3) is 0 Å². The summed E-state index contributed by atoms with van der Waals surface area (Å²) in [5.41, 5.74) is 4.91. The number of fused-ring (bicyclic) bond motifs is 3. The molecule has 2 aromatic carbocycles. The lowest BCUT2D eigenvalue weighted by Crippen LogP contribution is -2.42. The van der Waals surface area contributed by atoms with Crippen molar-refractivity contribution in [3.05, 3.63) is 72.1 Å². The van der Waals surface area contributed by atoms with Crippen molar-refractivity contribution in [2.75, 3.05) is 11.9 Å². The van der Waals surface area contributed by atoms with Crippen molar-refractivity contribution in [1.82, 2.24) is 15.1 Å². The molecule has 1 heterocycles. The molecule has 176 valence electrons. The van der Waals surface area contributed by atoms with E-state index in [1.165, 1.54) is 17.1 Å². The van der Waals surface area contributed by atoms with Gasteiger partial charge in [-0.3, -0.25) is 14.8 Å². The summed E-state index contributed by atoms with van der Waals surface area (Å²) in [6, 6.07) is 15.2. The summed E-state index contributed by atoms with van der Waals surface area (Å²) >= 11 is 0. The molecule has 0 fully saturated rings. The van der Waals surface area contributed by atoms with Gasteiger partial charge in [-0.05, 0) is 28.7 Å². The van der Waals surface area contributed by atoms with Crippen molar-refractivity contribution in [2.45, 2.75) is 38.3 Å². The number of nitrogens with zero attached hydrogens (tertiary/aromatic N) is 2. The summed E-state index contributed by atoms with van der Waals surface area (Å²) in [6.45, 7) is 1.86. The average Bonchev–Trinajstić information content (AvgIpc) is 3.39. The molecule has 2 amide bonds.